The standard InChI is InChI=1S/C17H19ClN2O5S2/c1-25-17(22)15-14(18)12-4-3-11(9-13(12)26-15)19-16(21)10-5-7-20(8-6-10)27(2,23)24/h3-4,9-10H,5-8H2,1-2H3,(H,19,21). The van der Waals surface area contributed by atoms with Crippen LogP contribution in [-0.4, -0.2) is 51.1 Å². The molecule has 0 aliphatic carbocycles. The molecular formula is C17H19ClN2O5S2. The summed E-state index contributed by atoms with van der Waals surface area (Å²) in [6, 6.07) is 5.25. The number of halogens is 1. The van der Waals surface area contributed by atoms with E-state index in [9.17, 15) is 18.0 Å². The van der Waals surface area contributed by atoms with Crippen LogP contribution in [0.25, 0.3) is 10.1 Å². The Morgan fingerprint density at radius 3 is 2.56 bits per heavy atom. The first-order chi connectivity index (χ1) is 12.7. The third-order valence-corrected chi connectivity index (χ3v) is 7.50. The van der Waals surface area contributed by atoms with E-state index >= 15 is 0 Å². The van der Waals surface area contributed by atoms with Crippen molar-refractivity contribution < 1.29 is 22.7 Å². The first kappa shape index (κ1) is 20.1. The molecule has 0 atom stereocenters. The van der Waals surface area contributed by atoms with Crippen molar-refractivity contribution >= 4 is 60.6 Å². The van der Waals surface area contributed by atoms with Crippen molar-refractivity contribution in [2.24, 2.45) is 5.92 Å². The number of anilines is 1. The predicted octanol–water partition coefficient (Wildman–Crippen LogP) is 2.95. The number of thiophene rings is 1. The number of ether oxygens (including phenoxy) is 1. The van der Waals surface area contributed by atoms with Crippen LogP contribution in [0.2, 0.25) is 5.02 Å². The van der Waals surface area contributed by atoms with Crippen LogP contribution in [0.5, 0.6) is 0 Å². The number of nitrogens with zero attached hydrogens (tertiary/aromatic N) is 1. The van der Waals surface area contributed by atoms with Gasteiger partial charge in [0.2, 0.25) is 15.9 Å². The lowest BCUT2D eigenvalue weighted by atomic mass is 9.97. The van der Waals surface area contributed by atoms with E-state index in [2.05, 4.69) is 5.32 Å². The summed E-state index contributed by atoms with van der Waals surface area (Å²) in [5, 5.41) is 3.93. The van der Waals surface area contributed by atoms with Crippen LogP contribution in [0, 0.1) is 5.92 Å². The molecule has 1 fully saturated rings. The number of nitrogens with one attached hydrogen (secondary N) is 1. The van der Waals surface area contributed by atoms with Crippen LogP contribution in [0.4, 0.5) is 5.69 Å². The van der Waals surface area contributed by atoms with Gasteiger partial charge in [-0.05, 0) is 31.0 Å². The van der Waals surface area contributed by atoms with Gasteiger partial charge in [-0.3, -0.25) is 4.79 Å². The van der Waals surface area contributed by atoms with Crippen LogP contribution < -0.4 is 5.32 Å². The molecule has 0 radical (unpaired) electrons. The SMILES string of the molecule is COC(=O)c1sc2cc(NC(=O)C3CCN(S(C)(=O)=O)CC3)ccc2c1Cl. The smallest absolute Gasteiger partial charge is 0.349 e. The van der Waals surface area contributed by atoms with Gasteiger partial charge >= 0.3 is 5.97 Å². The third kappa shape index (κ3) is 4.26. The molecule has 0 unspecified atom stereocenters. The molecule has 7 nitrogen and oxygen atoms in total. The molecule has 1 aromatic heterocycles. The topological polar surface area (TPSA) is 92.8 Å². The Hall–Kier alpha value is -1.68. The number of carbonyl (C=O) groups is 2. The summed E-state index contributed by atoms with van der Waals surface area (Å²) < 4.78 is 30.0. The van der Waals surface area contributed by atoms with Gasteiger partial charge in [-0.1, -0.05) is 11.6 Å². The van der Waals surface area contributed by atoms with Gasteiger partial charge in [0.15, 0.2) is 0 Å². The molecular weight excluding hydrogens is 412 g/mol. The van der Waals surface area contributed by atoms with Gasteiger partial charge in [-0.15, -0.1) is 11.3 Å². The number of amides is 1. The zero-order chi connectivity index (χ0) is 19.8. The molecule has 2 aromatic rings. The Kier molecular flexibility index (Phi) is 5.76. The van der Waals surface area contributed by atoms with Gasteiger partial charge < -0.3 is 10.1 Å². The molecule has 146 valence electrons. The summed E-state index contributed by atoms with van der Waals surface area (Å²) in [6.45, 7) is 0.692. The van der Waals surface area contributed by atoms with Gasteiger partial charge in [0.1, 0.15) is 4.88 Å². The van der Waals surface area contributed by atoms with Crippen LogP contribution in [0.3, 0.4) is 0 Å². The van der Waals surface area contributed by atoms with Gasteiger partial charge in [-0.25, -0.2) is 17.5 Å². The first-order valence-corrected chi connectivity index (χ1v) is 11.3. The number of hydrogen-bond donors (Lipinski definition) is 1. The minimum Gasteiger partial charge on any atom is -0.465 e. The van der Waals surface area contributed by atoms with Crippen molar-refractivity contribution in [1.82, 2.24) is 4.31 Å². The van der Waals surface area contributed by atoms with Crippen LogP contribution in [0.1, 0.15) is 22.5 Å². The maximum Gasteiger partial charge on any atom is 0.349 e. The summed E-state index contributed by atoms with van der Waals surface area (Å²) in [6.07, 6.45) is 2.15. The average Bonchev–Trinajstić information content (AvgIpc) is 2.96. The Morgan fingerprint density at radius 1 is 1.30 bits per heavy atom. The zero-order valence-electron chi connectivity index (χ0n) is 14.8. The molecule has 1 saturated heterocycles. The van der Waals surface area contributed by atoms with Crippen LogP contribution in [-0.2, 0) is 19.6 Å². The van der Waals surface area contributed by atoms with E-state index in [1.165, 1.54) is 29.0 Å². The number of piperidine rings is 1. The van der Waals surface area contributed by atoms with Gasteiger partial charge in [0.05, 0.1) is 18.4 Å². The highest BCUT2D eigenvalue weighted by Crippen LogP contribution is 2.37. The zero-order valence-corrected chi connectivity index (χ0v) is 17.2. The van der Waals surface area contributed by atoms with Crippen molar-refractivity contribution in [1.29, 1.82) is 0 Å². The molecule has 2 heterocycles. The van der Waals surface area contributed by atoms with Crippen molar-refractivity contribution in [3.05, 3.63) is 28.1 Å². The average molecular weight is 431 g/mol. The Bertz CT molecular complexity index is 994. The normalized spacial score (nSPS) is 16.4. The van der Waals surface area contributed by atoms with E-state index in [1.807, 2.05) is 0 Å². The maximum atomic E-state index is 12.5. The second kappa shape index (κ2) is 7.75. The summed E-state index contributed by atoms with van der Waals surface area (Å²) in [4.78, 5) is 24.6. The second-order valence-electron chi connectivity index (χ2n) is 6.37. The van der Waals surface area contributed by atoms with Gasteiger partial charge in [0.25, 0.3) is 0 Å². The Labute approximate surface area is 166 Å². The Balaban J connectivity index is 1.71. The van der Waals surface area contributed by atoms with Crippen molar-refractivity contribution in [3.63, 3.8) is 0 Å². The molecule has 1 aromatic carbocycles. The fraction of sp³-hybridized carbons (Fsp3) is 0.412. The molecule has 10 heteroatoms. The highest BCUT2D eigenvalue weighted by molar-refractivity contribution is 7.88. The second-order valence-corrected chi connectivity index (χ2v) is 9.79. The fourth-order valence-corrected chi connectivity index (χ4v) is 5.40. The van der Waals surface area contributed by atoms with Crippen molar-refractivity contribution in [2.75, 3.05) is 31.8 Å². The summed E-state index contributed by atoms with van der Waals surface area (Å²) in [5.74, 6) is -0.876. The maximum absolute atomic E-state index is 12.5. The lowest BCUT2D eigenvalue weighted by molar-refractivity contribution is -0.120. The number of esters is 1. The molecule has 0 spiro atoms. The van der Waals surface area contributed by atoms with E-state index in [4.69, 9.17) is 16.3 Å². The number of benzene rings is 1. The molecule has 27 heavy (non-hydrogen) atoms. The summed E-state index contributed by atoms with van der Waals surface area (Å²) in [5.41, 5.74) is 0.604. The largest absolute Gasteiger partial charge is 0.465 e. The lowest BCUT2D eigenvalue weighted by Gasteiger charge is -2.29. The molecule has 0 bridgehead atoms. The van der Waals surface area contributed by atoms with E-state index in [0.29, 0.717) is 41.5 Å². The predicted molar refractivity (Wildman–Crippen MR) is 106 cm³/mol. The molecule has 3 rings (SSSR count). The molecule has 1 N–H and O–H groups in total. The van der Waals surface area contributed by atoms with E-state index in [0.717, 1.165) is 10.1 Å². The highest BCUT2D eigenvalue weighted by atomic mass is 35.5. The van der Waals surface area contributed by atoms with E-state index in [-0.39, 0.29) is 11.8 Å². The number of fused-ring (bicyclic) bond motifs is 1. The number of carbonyl (C=O) groups excluding carboxylic acids is 2. The van der Waals surface area contributed by atoms with Crippen LogP contribution >= 0.6 is 22.9 Å². The Morgan fingerprint density at radius 2 is 1.96 bits per heavy atom. The highest BCUT2D eigenvalue weighted by Gasteiger charge is 2.29. The van der Waals surface area contributed by atoms with E-state index in [1.54, 1.807) is 18.2 Å². The fourth-order valence-electron chi connectivity index (χ4n) is 3.06. The number of sulfonamides is 1. The molecule has 1 aliphatic rings. The lowest BCUT2D eigenvalue weighted by Crippen LogP contribution is -2.40. The minimum atomic E-state index is -3.22. The van der Waals surface area contributed by atoms with Gasteiger partial charge in [0, 0.05) is 34.8 Å². The minimum absolute atomic E-state index is 0.140. The van der Waals surface area contributed by atoms with E-state index < -0.39 is 16.0 Å². The van der Waals surface area contributed by atoms with Crippen molar-refractivity contribution in [3.8, 4) is 0 Å². The van der Waals surface area contributed by atoms with Crippen molar-refractivity contribution in [2.45, 2.75) is 12.8 Å². The molecule has 0 saturated carbocycles. The summed E-state index contributed by atoms with van der Waals surface area (Å²) in [7, 11) is -1.92. The number of hydrogen-bond acceptors (Lipinski definition) is 6. The quantitative estimate of drug-likeness (QED) is 0.753. The van der Waals surface area contributed by atoms with Crippen LogP contribution in [0.15, 0.2) is 18.2 Å². The molecule has 1 aliphatic heterocycles. The van der Waals surface area contributed by atoms with Gasteiger partial charge in [-0.2, -0.15) is 0 Å². The third-order valence-electron chi connectivity index (χ3n) is 4.56. The number of methoxy groups -OCH3 is 1. The first-order valence-electron chi connectivity index (χ1n) is 8.27. The monoisotopic (exact) mass is 430 g/mol. The summed E-state index contributed by atoms with van der Waals surface area (Å²) >= 11 is 7.43. The molecule has 1 amide bonds. The number of rotatable bonds is 4.